The Hall–Kier alpha value is -1.42. The molecule has 2 N–H and O–H groups in total. The minimum Gasteiger partial charge on any atom is -0.490 e. The number of rotatable bonds is 3. The average molecular weight is 263 g/mol. The Balaban J connectivity index is 1.66. The van der Waals surface area contributed by atoms with E-state index in [9.17, 15) is 5.11 Å². The molecule has 0 aromatic heterocycles. The Morgan fingerprint density at radius 3 is 2.58 bits per heavy atom. The fourth-order valence-electron chi connectivity index (χ4n) is 2.75. The van der Waals surface area contributed by atoms with Gasteiger partial charge in [-0.3, -0.25) is 0 Å². The standard InChI is InChI=1S/C15H21NO3/c17-15(6-1-2-7-15)11-16-12-4-5-13-14(10-12)19-9-3-8-18-13/h4-5,10,16-17H,1-3,6-9,11H2. The van der Waals surface area contributed by atoms with E-state index in [0.29, 0.717) is 19.8 Å². The van der Waals surface area contributed by atoms with Gasteiger partial charge in [-0.15, -0.1) is 0 Å². The van der Waals surface area contributed by atoms with Crippen molar-refractivity contribution in [3.8, 4) is 11.5 Å². The summed E-state index contributed by atoms with van der Waals surface area (Å²) in [6, 6.07) is 5.87. The van der Waals surface area contributed by atoms with Gasteiger partial charge in [0.25, 0.3) is 0 Å². The first kappa shape index (κ1) is 12.6. The molecule has 3 rings (SSSR count). The zero-order valence-electron chi connectivity index (χ0n) is 11.2. The molecule has 0 bridgehead atoms. The second kappa shape index (κ2) is 5.29. The first-order chi connectivity index (χ1) is 9.25. The van der Waals surface area contributed by atoms with E-state index in [-0.39, 0.29) is 0 Å². The van der Waals surface area contributed by atoms with E-state index < -0.39 is 5.60 Å². The first-order valence-corrected chi connectivity index (χ1v) is 7.11. The number of hydrogen-bond donors (Lipinski definition) is 2. The largest absolute Gasteiger partial charge is 0.490 e. The Morgan fingerprint density at radius 2 is 1.79 bits per heavy atom. The molecule has 0 saturated heterocycles. The molecule has 0 spiro atoms. The molecule has 1 saturated carbocycles. The fraction of sp³-hybridized carbons (Fsp3) is 0.600. The van der Waals surface area contributed by atoms with Crippen molar-refractivity contribution < 1.29 is 14.6 Å². The molecule has 1 heterocycles. The van der Waals surface area contributed by atoms with Gasteiger partial charge in [0.2, 0.25) is 0 Å². The zero-order chi connectivity index (χ0) is 13.1. The van der Waals surface area contributed by atoms with Gasteiger partial charge in [-0.05, 0) is 25.0 Å². The van der Waals surface area contributed by atoms with Crippen LogP contribution in [0.4, 0.5) is 5.69 Å². The van der Waals surface area contributed by atoms with Gasteiger partial charge in [0.1, 0.15) is 0 Å². The molecule has 0 unspecified atom stereocenters. The molecule has 1 aliphatic carbocycles. The normalized spacial score (nSPS) is 20.9. The lowest BCUT2D eigenvalue weighted by molar-refractivity contribution is 0.0614. The van der Waals surface area contributed by atoms with Crippen LogP contribution in [0.25, 0.3) is 0 Å². The molecule has 4 nitrogen and oxygen atoms in total. The molecule has 1 aromatic rings. The summed E-state index contributed by atoms with van der Waals surface area (Å²) in [6.07, 6.45) is 4.95. The van der Waals surface area contributed by atoms with E-state index in [1.165, 1.54) is 0 Å². The fourth-order valence-corrected chi connectivity index (χ4v) is 2.75. The van der Waals surface area contributed by atoms with Gasteiger partial charge in [0.05, 0.1) is 18.8 Å². The third-order valence-corrected chi connectivity index (χ3v) is 3.90. The summed E-state index contributed by atoms with van der Waals surface area (Å²) in [5.74, 6) is 1.60. The van der Waals surface area contributed by atoms with E-state index in [4.69, 9.17) is 9.47 Å². The topological polar surface area (TPSA) is 50.7 Å². The molecule has 0 atom stereocenters. The second-order valence-corrected chi connectivity index (χ2v) is 5.50. The summed E-state index contributed by atoms with van der Waals surface area (Å²) in [5.41, 5.74) is 0.439. The number of aliphatic hydroxyl groups is 1. The third kappa shape index (κ3) is 2.95. The molecule has 4 heteroatoms. The van der Waals surface area contributed by atoms with Gasteiger partial charge in [-0.1, -0.05) is 12.8 Å². The lowest BCUT2D eigenvalue weighted by Gasteiger charge is -2.23. The summed E-state index contributed by atoms with van der Waals surface area (Å²) >= 11 is 0. The van der Waals surface area contributed by atoms with Gasteiger partial charge in [0, 0.05) is 24.7 Å². The predicted octanol–water partition coefficient (Wildman–Crippen LogP) is 2.56. The van der Waals surface area contributed by atoms with Crippen molar-refractivity contribution in [2.75, 3.05) is 25.1 Å². The number of ether oxygens (including phenoxy) is 2. The highest BCUT2D eigenvalue weighted by molar-refractivity contribution is 5.55. The molecule has 19 heavy (non-hydrogen) atoms. The van der Waals surface area contributed by atoms with Crippen molar-refractivity contribution in [2.24, 2.45) is 0 Å². The van der Waals surface area contributed by atoms with E-state index in [2.05, 4.69) is 5.32 Å². The monoisotopic (exact) mass is 263 g/mol. The van der Waals surface area contributed by atoms with E-state index in [1.54, 1.807) is 0 Å². The Bertz CT molecular complexity index is 441. The molecule has 0 radical (unpaired) electrons. The first-order valence-electron chi connectivity index (χ1n) is 7.11. The highest BCUT2D eigenvalue weighted by Gasteiger charge is 2.30. The van der Waals surface area contributed by atoms with Crippen LogP contribution < -0.4 is 14.8 Å². The van der Waals surface area contributed by atoms with Crippen LogP contribution in [0.3, 0.4) is 0 Å². The maximum atomic E-state index is 10.3. The van der Waals surface area contributed by atoms with E-state index >= 15 is 0 Å². The van der Waals surface area contributed by atoms with Crippen LogP contribution in [0.5, 0.6) is 11.5 Å². The van der Waals surface area contributed by atoms with Crippen LogP contribution in [-0.2, 0) is 0 Å². The SMILES string of the molecule is OC1(CNc2ccc3c(c2)OCCCO3)CCCC1. The van der Waals surface area contributed by atoms with E-state index in [0.717, 1.165) is 49.3 Å². The number of benzene rings is 1. The number of hydrogen-bond acceptors (Lipinski definition) is 4. The molecular weight excluding hydrogens is 242 g/mol. The molecule has 104 valence electrons. The summed E-state index contributed by atoms with van der Waals surface area (Å²) in [5, 5.41) is 13.6. The van der Waals surface area contributed by atoms with Crippen molar-refractivity contribution in [3.63, 3.8) is 0 Å². The van der Waals surface area contributed by atoms with Crippen LogP contribution in [0.2, 0.25) is 0 Å². The van der Waals surface area contributed by atoms with Crippen LogP contribution in [0, 0.1) is 0 Å². The summed E-state index contributed by atoms with van der Waals surface area (Å²) < 4.78 is 11.3. The highest BCUT2D eigenvalue weighted by Crippen LogP contribution is 2.33. The molecule has 0 amide bonds. The van der Waals surface area contributed by atoms with Crippen molar-refractivity contribution in [3.05, 3.63) is 18.2 Å². The molecule has 1 aromatic carbocycles. The quantitative estimate of drug-likeness (QED) is 0.880. The number of anilines is 1. The van der Waals surface area contributed by atoms with E-state index in [1.807, 2.05) is 18.2 Å². The van der Waals surface area contributed by atoms with Crippen LogP contribution in [0.15, 0.2) is 18.2 Å². The van der Waals surface area contributed by atoms with Crippen molar-refractivity contribution in [1.29, 1.82) is 0 Å². The van der Waals surface area contributed by atoms with Crippen LogP contribution in [-0.4, -0.2) is 30.5 Å². The van der Waals surface area contributed by atoms with Crippen molar-refractivity contribution in [2.45, 2.75) is 37.7 Å². The van der Waals surface area contributed by atoms with Crippen LogP contribution >= 0.6 is 0 Å². The van der Waals surface area contributed by atoms with Gasteiger partial charge in [-0.25, -0.2) is 0 Å². The van der Waals surface area contributed by atoms with Crippen molar-refractivity contribution in [1.82, 2.24) is 0 Å². The predicted molar refractivity (Wildman–Crippen MR) is 74.0 cm³/mol. The minimum atomic E-state index is -0.538. The highest BCUT2D eigenvalue weighted by atomic mass is 16.5. The summed E-state index contributed by atoms with van der Waals surface area (Å²) in [4.78, 5) is 0. The lowest BCUT2D eigenvalue weighted by atomic mass is 10.0. The second-order valence-electron chi connectivity index (χ2n) is 5.50. The van der Waals surface area contributed by atoms with Gasteiger partial charge >= 0.3 is 0 Å². The minimum absolute atomic E-state index is 0.538. The number of nitrogens with one attached hydrogen (secondary N) is 1. The Kier molecular flexibility index (Phi) is 3.51. The summed E-state index contributed by atoms with van der Waals surface area (Å²) in [6.45, 7) is 2.01. The average Bonchev–Trinajstić information content (AvgIpc) is 2.72. The smallest absolute Gasteiger partial charge is 0.163 e. The maximum Gasteiger partial charge on any atom is 0.163 e. The van der Waals surface area contributed by atoms with Crippen molar-refractivity contribution >= 4 is 5.69 Å². The molecular formula is C15H21NO3. The Labute approximate surface area is 113 Å². The molecule has 1 aliphatic heterocycles. The maximum absolute atomic E-state index is 10.3. The van der Waals surface area contributed by atoms with Gasteiger partial charge < -0.3 is 19.9 Å². The third-order valence-electron chi connectivity index (χ3n) is 3.90. The zero-order valence-corrected chi connectivity index (χ0v) is 11.2. The van der Waals surface area contributed by atoms with Crippen LogP contribution in [0.1, 0.15) is 32.1 Å². The van der Waals surface area contributed by atoms with Gasteiger partial charge in [0.15, 0.2) is 11.5 Å². The van der Waals surface area contributed by atoms with Gasteiger partial charge in [-0.2, -0.15) is 0 Å². The molecule has 1 fully saturated rings. The summed E-state index contributed by atoms with van der Waals surface area (Å²) in [7, 11) is 0. The number of fused-ring (bicyclic) bond motifs is 1. The lowest BCUT2D eigenvalue weighted by Crippen LogP contribution is -2.33. The molecule has 2 aliphatic rings. The Morgan fingerprint density at radius 1 is 1.05 bits per heavy atom.